The second-order valence-electron chi connectivity index (χ2n) is 16.3. The molecule has 3 aromatic rings. The number of allylic oxidation sites excluding steroid dienone is 12. The van der Waals surface area contributed by atoms with Crippen LogP contribution in [0.5, 0.6) is 0 Å². The second kappa shape index (κ2) is 10.5. The Morgan fingerprint density at radius 3 is 1.37 bits per heavy atom. The van der Waals surface area contributed by atoms with Crippen molar-refractivity contribution in [2.45, 2.75) is 75.0 Å². The second-order valence-corrected chi connectivity index (χ2v) is 17.1. The minimum absolute atomic E-state index is 0. The van der Waals surface area contributed by atoms with Crippen LogP contribution in [0, 0.1) is 23.7 Å². The van der Waals surface area contributed by atoms with Crippen molar-refractivity contribution in [1.82, 2.24) is 19.9 Å². The third-order valence-corrected chi connectivity index (χ3v) is 14.7. The van der Waals surface area contributed by atoms with Crippen molar-refractivity contribution < 1.29 is 19.5 Å². The third-order valence-electron chi connectivity index (χ3n) is 14.0. The molecule has 16 bridgehead atoms. The van der Waals surface area contributed by atoms with Crippen LogP contribution in [0.3, 0.4) is 0 Å². The first-order valence-electron chi connectivity index (χ1n) is 18.9. The van der Waals surface area contributed by atoms with Crippen LogP contribution < -0.4 is 9.97 Å². The number of hydrogen-bond acceptors (Lipinski definition) is 2. The van der Waals surface area contributed by atoms with Gasteiger partial charge in [-0.2, -0.15) is 0 Å². The molecule has 5 heterocycles. The van der Waals surface area contributed by atoms with Crippen molar-refractivity contribution in [2.75, 3.05) is 0 Å². The molecule has 0 saturated carbocycles. The Morgan fingerprint density at radius 1 is 0.431 bits per heavy atom. The largest absolute Gasteiger partial charge is 2.00 e. The molecule has 2 aliphatic heterocycles. The van der Waals surface area contributed by atoms with Crippen molar-refractivity contribution in [3.8, 4) is 0 Å². The molecule has 17 rings (SSSR count). The van der Waals surface area contributed by atoms with Gasteiger partial charge in [0.25, 0.3) is 0 Å². The van der Waals surface area contributed by atoms with Crippen molar-refractivity contribution in [2.24, 2.45) is 23.7 Å². The van der Waals surface area contributed by atoms with Crippen LogP contribution in [0.1, 0.15) is 120 Å². The number of hydrogen-bond donors (Lipinski definition) is 0. The van der Waals surface area contributed by atoms with Crippen LogP contribution in [0.2, 0.25) is 10.0 Å². The zero-order valence-corrected chi connectivity index (χ0v) is 32.8. The summed E-state index contributed by atoms with van der Waals surface area (Å²) in [5, 5.41) is 1.35. The Morgan fingerprint density at radius 2 is 0.824 bits per heavy atom. The van der Waals surface area contributed by atoms with Crippen LogP contribution in [-0.2, 0) is 19.5 Å². The summed E-state index contributed by atoms with van der Waals surface area (Å²) in [6.45, 7) is 0. The van der Waals surface area contributed by atoms with Crippen LogP contribution in [0.25, 0.3) is 44.4 Å². The zero-order valence-electron chi connectivity index (χ0n) is 28.3. The van der Waals surface area contributed by atoms with Gasteiger partial charge in [0.05, 0.1) is 27.8 Å². The fourth-order valence-electron chi connectivity index (χ4n) is 11.9. The van der Waals surface area contributed by atoms with E-state index in [0.29, 0.717) is 45.6 Å². The fourth-order valence-corrected chi connectivity index (χ4v) is 12.5. The molecule has 0 fully saturated rings. The fraction of sp³-hybridized carbons (Fsp3) is 0.364. The maximum atomic E-state index is 7.71. The van der Waals surface area contributed by atoms with Gasteiger partial charge in [0.1, 0.15) is 0 Å². The minimum Gasteiger partial charge on any atom is -0.656 e. The summed E-state index contributed by atoms with van der Waals surface area (Å²) in [5.41, 5.74) is 18.4. The van der Waals surface area contributed by atoms with Gasteiger partial charge in [0, 0.05) is 52.4 Å². The smallest absolute Gasteiger partial charge is 0.656 e. The van der Waals surface area contributed by atoms with Crippen molar-refractivity contribution in [3.05, 3.63) is 116 Å². The Balaban J connectivity index is 0.00000296. The molecule has 4 nitrogen and oxygen atoms in total. The van der Waals surface area contributed by atoms with Gasteiger partial charge in [-0.05, 0) is 79.7 Å². The Hall–Kier alpha value is -3.24. The van der Waals surface area contributed by atoms with Gasteiger partial charge in [-0.25, -0.2) is 9.97 Å². The zero-order chi connectivity index (χ0) is 32.6. The summed E-state index contributed by atoms with van der Waals surface area (Å²) in [5.74, 6) is 2.67. The summed E-state index contributed by atoms with van der Waals surface area (Å²) in [6, 6.07) is 4.63. The van der Waals surface area contributed by atoms with Crippen LogP contribution >= 0.6 is 23.2 Å². The molecule has 0 aromatic carbocycles. The molecular weight excluding hydrogens is 721 g/mol. The van der Waals surface area contributed by atoms with Gasteiger partial charge < -0.3 is 9.97 Å². The van der Waals surface area contributed by atoms with E-state index in [1.165, 1.54) is 57.4 Å². The molecular formula is C44H34Cl2N4Zn. The maximum Gasteiger partial charge on any atom is 2.00 e. The summed E-state index contributed by atoms with van der Waals surface area (Å²) in [6.07, 6.45) is 28.4. The Labute approximate surface area is 319 Å². The first-order valence-corrected chi connectivity index (χ1v) is 19.7. The molecule has 8 atom stereocenters. The molecule has 0 saturated heterocycles. The van der Waals surface area contributed by atoms with Crippen LogP contribution in [0.15, 0.2) is 60.7 Å². The molecule has 246 valence electrons. The van der Waals surface area contributed by atoms with Gasteiger partial charge in [0.15, 0.2) is 0 Å². The van der Waals surface area contributed by atoms with Crippen LogP contribution in [-0.4, -0.2) is 9.97 Å². The number of fused-ring (bicyclic) bond motifs is 12. The topological polar surface area (TPSA) is 54.0 Å². The summed E-state index contributed by atoms with van der Waals surface area (Å²) >= 11 is 15.4. The van der Waals surface area contributed by atoms with E-state index in [1.807, 2.05) is 0 Å². The summed E-state index contributed by atoms with van der Waals surface area (Å²) in [4.78, 5) is 22.0. The van der Waals surface area contributed by atoms with Gasteiger partial charge in [-0.15, -0.1) is 22.1 Å². The van der Waals surface area contributed by atoms with Gasteiger partial charge in [-0.1, -0.05) is 100 Å². The molecule has 14 aliphatic rings. The van der Waals surface area contributed by atoms with E-state index >= 15 is 0 Å². The van der Waals surface area contributed by atoms with Crippen molar-refractivity contribution in [1.29, 1.82) is 0 Å². The molecule has 12 aliphatic carbocycles. The standard InChI is InChI=1S/C44H34Cl2N4.Zn/c45-39-41-35-23-9-5-21(6-10-23)33(35)29(48-41)17-27-31-19-1-2-20(4-3-19)32(31)28(47-27)18-30-34-22-7-11-24(12-8-22)36(34)42(49-30)40(46)44-38-26-15-13-25(14-16-26)37(38)43(39)50-44;/h1-2,5,7,9,11,13,15,17-26H,3-4,6,8,10,12,14,16H2;/q-2;+2/t19-,20+,21+,22-,23-,24+,25+,26-;. The minimum atomic E-state index is 0. The molecule has 0 radical (unpaired) electrons. The average Bonchev–Trinajstić information content (AvgIpc) is 3.97. The van der Waals surface area contributed by atoms with E-state index in [9.17, 15) is 0 Å². The first kappa shape index (κ1) is 30.2. The Kier molecular flexibility index (Phi) is 6.20. The molecule has 0 unspecified atom stereocenters. The SMILES string of the molecule is Clc1c2nc(cc3nc(cc4[n-]c(c5c4[C@H]4C=C[C@@H]5CC4)c(Cl)c4[n-]c1c1c4[C@H]4C=C[C@@H]1CC4)C1=C3[C@H]3C=C[C@@H]1CC3)C1=C2[C@H]2C=C[C@@H]1CC2.[Zn+2]. The maximum absolute atomic E-state index is 7.71. The van der Waals surface area contributed by atoms with Crippen molar-refractivity contribution >= 4 is 67.6 Å². The van der Waals surface area contributed by atoms with E-state index in [1.54, 1.807) is 0 Å². The van der Waals surface area contributed by atoms with Gasteiger partial charge in [-0.3, -0.25) is 0 Å². The molecule has 0 N–H and O–H groups in total. The molecule has 7 heteroatoms. The van der Waals surface area contributed by atoms with E-state index < -0.39 is 0 Å². The van der Waals surface area contributed by atoms with Gasteiger partial charge in [0.2, 0.25) is 0 Å². The predicted molar refractivity (Wildman–Crippen MR) is 201 cm³/mol. The number of rotatable bonds is 0. The van der Waals surface area contributed by atoms with Gasteiger partial charge >= 0.3 is 19.5 Å². The first-order chi connectivity index (χ1) is 24.6. The molecule has 3 aromatic heterocycles. The molecule has 0 spiro atoms. The van der Waals surface area contributed by atoms with Crippen molar-refractivity contribution in [3.63, 3.8) is 0 Å². The van der Waals surface area contributed by atoms with E-state index in [-0.39, 0.29) is 31.3 Å². The van der Waals surface area contributed by atoms with Crippen LogP contribution in [0.4, 0.5) is 0 Å². The predicted octanol–water partition coefficient (Wildman–Crippen LogP) is 11.0. The number of halogens is 2. The monoisotopic (exact) mass is 752 g/mol. The average molecular weight is 755 g/mol. The number of nitrogens with zero attached hydrogens (tertiary/aromatic N) is 4. The number of aromatic nitrogens is 4. The summed E-state index contributed by atoms with van der Waals surface area (Å²) in [7, 11) is 0. The Bertz CT molecular complexity index is 2540. The molecule has 51 heavy (non-hydrogen) atoms. The summed E-state index contributed by atoms with van der Waals surface area (Å²) < 4.78 is 0. The van der Waals surface area contributed by atoms with E-state index in [0.717, 1.165) is 83.4 Å². The normalized spacial score (nSPS) is 32.0. The molecule has 0 amide bonds. The third kappa shape index (κ3) is 3.81. The van der Waals surface area contributed by atoms with E-state index in [4.69, 9.17) is 43.1 Å². The quantitative estimate of drug-likeness (QED) is 0.169. The van der Waals surface area contributed by atoms with E-state index in [2.05, 4.69) is 60.7 Å².